The fourth-order valence-corrected chi connectivity index (χ4v) is 3.21. The van der Waals surface area contributed by atoms with E-state index in [0.717, 1.165) is 6.07 Å². The van der Waals surface area contributed by atoms with Crippen molar-refractivity contribution in [2.75, 3.05) is 0 Å². The van der Waals surface area contributed by atoms with E-state index in [9.17, 15) is 22.8 Å². The molecule has 0 unspecified atom stereocenters. The number of sulfonamides is 1. The Labute approximate surface area is 149 Å². The van der Waals surface area contributed by atoms with E-state index in [1.54, 1.807) is 26.0 Å². The quantitative estimate of drug-likeness (QED) is 0.808. The third-order valence-corrected chi connectivity index (χ3v) is 5.01. The molecule has 0 saturated carbocycles. The van der Waals surface area contributed by atoms with Crippen molar-refractivity contribution < 1.29 is 27.6 Å². The molecule has 134 valence electrons. The minimum absolute atomic E-state index is 0.106. The normalized spacial score (nSPS) is 13.7. The number of hydrogen-bond acceptors (Lipinski definition) is 6. The molecular weight excluding hydrogens is 360 g/mol. The summed E-state index contributed by atoms with van der Waals surface area (Å²) in [6.45, 7) is 3.18. The third kappa shape index (κ3) is 2.87. The van der Waals surface area contributed by atoms with Gasteiger partial charge in [0, 0.05) is 0 Å². The molecule has 2 aromatic carbocycles. The van der Waals surface area contributed by atoms with Crippen LogP contribution in [0.2, 0.25) is 0 Å². The molecule has 0 saturated heterocycles. The Kier molecular flexibility index (Phi) is 4.13. The van der Waals surface area contributed by atoms with Crippen molar-refractivity contribution in [2.45, 2.75) is 18.7 Å². The summed E-state index contributed by atoms with van der Waals surface area (Å²) in [5, 5.41) is 5.48. The van der Waals surface area contributed by atoms with Gasteiger partial charge >= 0.3 is 5.97 Å². The maximum atomic E-state index is 12.5. The Morgan fingerprint density at radius 3 is 2.08 bits per heavy atom. The largest absolute Gasteiger partial charge is 0.364 e. The maximum absolute atomic E-state index is 12.5. The zero-order valence-corrected chi connectivity index (χ0v) is 14.7. The summed E-state index contributed by atoms with van der Waals surface area (Å²) >= 11 is 0. The first-order chi connectivity index (χ1) is 12.1. The molecule has 0 fully saturated rings. The Morgan fingerprint density at radius 1 is 1.04 bits per heavy atom. The van der Waals surface area contributed by atoms with Crippen molar-refractivity contribution in [3.63, 3.8) is 0 Å². The summed E-state index contributed by atoms with van der Waals surface area (Å²) in [4.78, 5) is 41.7. The molecule has 0 bridgehead atoms. The highest BCUT2D eigenvalue weighted by Crippen LogP contribution is 2.25. The van der Waals surface area contributed by atoms with Crippen LogP contribution in [0, 0.1) is 13.8 Å². The van der Waals surface area contributed by atoms with E-state index >= 15 is 0 Å². The number of carbonyl (C=O) groups excluding carboxylic acids is 3. The molecule has 0 radical (unpaired) electrons. The number of aryl methyl sites for hydroxylation is 1. The van der Waals surface area contributed by atoms with Crippen LogP contribution in [0.4, 0.5) is 0 Å². The molecule has 0 atom stereocenters. The van der Waals surface area contributed by atoms with Gasteiger partial charge in [-0.05, 0) is 49.2 Å². The van der Waals surface area contributed by atoms with Crippen LogP contribution in [0.3, 0.4) is 0 Å². The van der Waals surface area contributed by atoms with Crippen LogP contribution >= 0.6 is 0 Å². The predicted molar refractivity (Wildman–Crippen MR) is 89.6 cm³/mol. The van der Waals surface area contributed by atoms with Crippen LogP contribution in [0.15, 0.2) is 41.3 Å². The number of hydroxylamine groups is 2. The average molecular weight is 374 g/mol. The minimum atomic E-state index is -4.05. The first-order valence-electron chi connectivity index (χ1n) is 7.45. The number of rotatable bonds is 3. The van der Waals surface area contributed by atoms with Gasteiger partial charge in [-0.15, -0.1) is 0 Å². The van der Waals surface area contributed by atoms with E-state index in [1.165, 1.54) is 18.2 Å². The van der Waals surface area contributed by atoms with Crippen molar-refractivity contribution in [3.05, 3.63) is 64.2 Å². The smallest absolute Gasteiger partial charge is 0.324 e. The fraction of sp³-hybridized carbons (Fsp3) is 0.118. The molecule has 1 aliphatic heterocycles. The number of hydrogen-bond donors (Lipinski definition) is 1. The van der Waals surface area contributed by atoms with Crippen LogP contribution in [0.25, 0.3) is 0 Å². The van der Waals surface area contributed by atoms with Gasteiger partial charge in [0.2, 0.25) is 10.0 Å². The molecule has 8 nitrogen and oxygen atoms in total. The summed E-state index contributed by atoms with van der Waals surface area (Å²) in [6.07, 6.45) is 0. The molecule has 0 spiro atoms. The van der Waals surface area contributed by atoms with Crippen molar-refractivity contribution >= 4 is 27.8 Å². The summed E-state index contributed by atoms with van der Waals surface area (Å²) in [5.74, 6) is -2.57. The van der Waals surface area contributed by atoms with E-state index < -0.39 is 27.8 Å². The summed E-state index contributed by atoms with van der Waals surface area (Å²) in [5.41, 5.74) is 1.07. The summed E-state index contributed by atoms with van der Waals surface area (Å²) < 4.78 is 23.2. The van der Waals surface area contributed by atoms with E-state index in [1.807, 2.05) is 0 Å². The first kappa shape index (κ1) is 17.8. The van der Waals surface area contributed by atoms with Gasteiger partial charge < -0.3 is 4.84 Å². The number of amides is 2. The highest BCUT2D eigenvalue weighted by Gasteiger charge is 2.39. The van der Waals surface area contributed by atoms with E-state index in [-0.39, 0.29) is 21.6 Å². The first-order valence-corrected chi connectivity index (χ1v) is 9.00. The van der Waals surface area contributed by atoms with Crippen LogP contribution in [-0.2, 0) is 14.9 Å². The molecule has 1 aliphatic rings. The van der Waals surface area contributed by atoms with Crippen LogP contribution in [0.1, 0.15) is 42.2 Å². The van der Waals surface area contributed by atoms with Gasteiger partial charge in [-0.1, -0.05) is 17.2 Å². The molecule has 0 aliphatic carbocycles. The summed E-state index contributed by atoms with van der Waals surface area (Å²) in [6, 6.07) is 8.43. The topological polar surface area (TPSA) is 124 Å². The minimum Gasteiger partial charge on any atom is -0.324 e. The monoisotopic (exact) mass is 374 g/mol. The van der Waals surface area contributed by atoms with E-state index in [0.29, 0.717) is 16.2 Å². The second-order valence-corrected chi connectivity index (χ2v) is 7.35. The average Bonchev–Trinajstić information content (AvgIpc) is 2.81. The number of primary sulfonamides is 1. The van der Waals surface area contributed by atoms with Crippen molar-refractivity contribution in [1.29, 1.82) is 0 Å². The van der Waals surface area contributed by atoms with E-state index in [2.05, 4.69) is 0 Å². The lowest BCUT2D eigenvalue weighted by atomic mass is 10.0. The van der Waals surface area contributed by atoms with Gasteiger partial charge in [0.15, 0.2) is 0 Å². The molecule has 0 aromatic heterocycles. The molecule has 2 aromatic rings. The van der Waals surface area contributed by atoms with Gasteiger partial charge in [-0.2, -0.15) is 0 Å². The molecule has 2 N–H and O–H groups in total. The van der Waals surface area contributed by atoms with Gasteiger partial charge in [-0.25, -0.2) is 18.4 Å². The standard InChI is InChI=1S/C17H14N2O6S/c1-9-7-11(26(18,23)24)8-14(10(9)2)17(22)25-19-15(20)12-5-3-4-6-13(12)16(19)21/h3-8H,1-2H3,(H2,18,23,24). The third-order valence-electron chi connectivity index (χ3n) is 4.12. The van der Waals surface area contributed by atoms with Crippen molar-refractivity contribution in [2.24, 2.45) is 5.14 Å². The molecular formula is C17H14N2O6S. The number of fused-ring (bicyclic) bond motifs is 1. The predicted octanol–water partition coefficient (Wildman–Crippen LogP) is 1.32. The van der Waals surface area contributed by atoms with E-state index in [4.69, 9.17) is 9.98 Å². The number of imide groups is 1. The van der Waals surface area contributed by atoms with Crippen molar-refractivity contribution in [1.82, 2.24) is 5.06 Å². The van der Waals surface area contributed by atoms with Crippen LogP contribution in [0.5, 0.6) is 0 Å². The number of nitrogens with zero attached hydrogens (tertiary/aromatic N) is 1. The second kappa shape index (κ2) is 6.04. The Hall–Kier alpha value is -3.04. The number of benzene rings is 2. The molecule has 26 heavy (non-hydrogen) atoms. The SMILES string of the molecule is Cc1cc(S(N)(=O)=O)cc(C(=O)ON2C(=O)c3ccccc3C2=O)c1C. The zero-order chi connectivity index (χ0) is 19.2. The van der Waals surface area contributed by atoms with Crippen LogP contribution < -0.4 is 5.14 Å². The second-order valence-electron chi connectivity index (χ2n) is 5.79. The molecule has 2 amide bonds. The molecule has 3 rings (SSSR count). The maximum Gasteiger partial charge on any atom is 0.364 e. The number of carbonyl (C=O) groups is 3. The number of nitrogens with two attached hydrogens (primary N) is 1. The Balaban J connectivity index is 1.96. The lowest BCUT2D eigenvalue weighted by molar-refractivity contribution is -0.0585. The lowest BCUT2D eigenvalue weighted by Crippen LogP contribution is -2.33. The molecule has 1 heterocycles. The fourth-order valence-electron chi connectivity index (χ4n) is 2.58. The Morgan fingerprint density at radius 2 is 1.58 bits per heavy atom. The lowest BCUT2D eigenvalue weighted by Gasteiger charge is -2.15. The van der Waals surface area contributed by atoms with Crippen LogP contribution in [-0.4, -0.2) is 31.3 Å². The Bertz CT molecular complexity index is 1040. The summed E-state index contributed by atoms with van der Waals surface area (Å²) in [7, 11) is -4.05. The van der Waals surface area contributed by atoms with Gasteiger partial charge in [0.1, 0.15) is 0 Å². The van der Waals surface area contributed by atoms with Gasteiger partial charge in [0.25, 0.3) is 11.8 Å². The highest BCUT2D eigenvalue weighted by atomic mass is 32.2. The molecule has 9 heteroatoms. The van der Waals surface area contributed by atoms with Gasteiger partial charge in [-0.3, -0.25) is 9.59 Å². The van der Waals surface area contributed by atoms with Crippen molar-refractivity contribution in [3.8, 4) is 0 Å². The zero-order valence-electron chi connectivity index (χ0n) is 13.8. The van der Waals surface area contributed by atoms with Gasteiger partial charge in [0.05, 0.1) is 21.6 Å². The highest BCUT2D eigenvalue weighted by molar-refractivity contribution is 7.89.